The third-order valence-corrected chi connectivity index (χ3v) is 4.66. The average molecular weight is 420 g/mol. The first-order valence-corrected chi connectivity index (χ1v) is 10.4. The van der Waals surface area contributed by atoms with Crippen molar-refractivity contribution in [2.45, 2.75) is 19.9 Å². The highest BCUT2D eigenvalue weighted by atomic mass is 16.2. The lowest BCUT2D eigenvalue weighted by atomic mass is 10.1. The number of nitrogens with one attached hydrogen (secondary N) is 2. The van der Waals surface area contributed by atoms with Crippen LogP contribution in [0, 0.1) is 0 Å². The van der Waals surface area contributed by atoms with Crippen LogP contribution in [0.5, 0.6) is 0 Å². The number of nitrogens with zero attached hydrogens (tertiary/aromatic N) is 5. The zero-order chi connectivity index (χ0) is 22.1. The number of hydrogen-bond acceptors (Lipinski definition) is 4. The Hall–Kier alpha value is -3.68. The Kier molecular flexibility index (Phi) is 7.75. The minimum absolute atomic E-state index is 0.00670. The van der Waals surface area contributed by atoms with Gasteiger partial charge in [0, 0.05) is 38.4 Å². The number of rotatable bonds is 8. The van der Waals surface area contributed by atoms with Gasteiger partial charge in [0.1, 0.15) is 12.9 Å². The Morgan fingerprint density at radius 3 is 2.65 bits per heavy atom. The highest BCUT2D eigenvalue weighted by Gasteiger charge is 2.09. The fraction of sp³-hybridized carbons (Fsp3) is 0.304. The minimum atomic E-state index is 0.00670. The van der Waals surface area contributed by atoms with Crippen molar-refractivity contribution in [1.82, 2.24) is 30.3 Å². The summed E-state index contributed by atoms with van der Waals surface area (Å²) in [5, 5.41) is 14.8. The molecule has 31 heavy (non-hydrogen) atoms. The van der Waals surface area contributed by atoms with E-state index in [2.05, 4.69) is 25.8 Å². The molecule has 8 nitrogen and oxygen atoms in total. The van der Waals surface area contributed by atoms with E-state index in [4.69, 9.17) is 0 Å². The van der Waals surface area contributed by atoms with Crippen LogP contribution < -0.4 is 10.6 Å². The van der Waals surface area contributed by atoms with E-state index in [0.29, 0.717) is 24.6 Å². The third kappa shape index (κ3) is 6.15. The van der Waals surface area contributed by atoms with Crippen molar-refractivity contribution in [1.29, 1.82) is 0 Å². The summed E-state index contributed by atoms with van der Waals surface area (Å²) in [7, 11) is 3.52. The molecular formula is C23H29N7O. The first-order valence-electron chi connectivity index (χ1n) is 10.4. The predicted octanol–water partition coefficient (Wildman–Crippen LogP) is 2.27. The number of benzene rings is 2. The Labute approximate surface area is 183 Å². The molecule has 0 aliphatic carbocycles. The highest BCUT2D eigenvalue weighted by Crippen LogP contribution is 2.10. The fourth-order valence-electron chi connectivity index (χ4n) is 3.11. The summed E-state index contributed by atoms with van der Waals surface area (Å²) in [6, 6.07) is 17.7. The van der Waals surface area contributed by atoms with Gasteiger partial charge in [-0.25, -0.2) is 4.99 Å². The Morgan fingerprint density at radius 2 is 1.90 bits per heavy atom. The van der Waals surface area contributed by atoms with E-state index >= 15 is 0 Å². The van der Waals surface area contributed by atoms with E-state index in [0.717, 1.165) is 30.0 Å². The van der Waals surface area contributed by atoms with Crippen LogP contribution in [0.3, 0.4) is 0 Å². The molecule has 0 saturated carbocycles. The zero-order valence-electron chi connectivity index (χ0n) is 18.2. The monoisotopic (exact) mass is 419 g/mol. The number of aliphatic imine (C=N–C) groups is 1. The Bertz CT molecular complexity index is 1010. The number of hydrogen-bond donors (Lipinski definition) is 2. The molecule has 3 aromatic rings. The predicted molar refractivity (Wildman–Crippen MR) is 122 cm³/mol. The lowest BCUT2D eigenvalue weighted by Crippen LogP contribution is -2.38. The van der Waals surface area contributed by atoms with Gasteiger partial charge in [-0.3, -0.25) is 9.36 Å². The lowest BCUT2D eigenvalue weighted by molar-refractivity contribution is 0.0827. The molecule has 0 aliphatic heterocycles. The molecule has 2 N–H and O–H groups in total. The molecular weight excluding hydrogens is 390 g/mol. The smallest absolute Gasteiger partial charge is 0.253 e. The summed E-state index contributed by atoms with van der Waals surface area (Å²) in [6.45, 7) is 3.87. The van der Waals surface area contributed by atoms with Gasteiger partial charge >= 0.3 is 0 Å². The fourth-order valence-corrected chi connectivity index (χ4v) is 3.11. The van der Waals surface area contributed by atoms with E-state index in [-0.39, 0.29) is 5.91 Å². The van der Waals surface area contributed by atoms with Crippen molar-refractivity contribution < 1.29 is 4.79 Å². The standard InChI is InChI=1S/C23H29N7O/c1-4-24-23(25-14-13-18-9-8-10-19(15-18)22(31)29(2)3)26-16-21-28-27-17-30(21)20-11-6-5-7-12-20/h5-12,15,17H,4,13-14,16H2,1-3H3,(H2,24,25,26). The van der Waals surface area contributed by atoms with E-state index in [1.807, 2.05) is 66.1 Å². The van der Waals surface area contributed by atoms with Gasteiger partial charge in [0.05, 0.1) is 0 Å². The first-order chi connectivity index (χ1) is 15.1. The van der Waals surface area contributed by atoms with Crippen LogP contribution >= 0.6 is 0 Å². The molecule has 162 valence electrons. The highest BCUT2D eigenvalue weighted by molar-refractivity contribution is 5.94. The van der Waals surface area contributed by atoms with Gasteiger partial charge in [-0.2, -0.15) is 0 Å². The van der Waals surface area contributed by atoms with Crippen molar-refractivity contribution >= 4 is 11.9 Å². The van der Waals surface area contributed by atoms with Crippen molar-refractivity contribution in [2.75, 3.05) is 27.2 Å². The average Bonchev–Trinajstić information content (AvgIpc) is 3.26. The van der Waals surface area contributed by atoms with Gasteiger partial charge in [-0.1, -0.05) is 30.3 Å². The van der Waals surface area contributed by atoms with Crippen molar-refractivity contribution in [3.63, 3.8) is 0 Å². The normalized spacial score (nSPS) is 11.3. The summed E-state index contributed by atoms with van der Waals surface area (Å²) >= 11 is 0. The maximum atomic E-state index is 12.2. The van der Waals surface area contributed by atoms with Gasteiger partial charge in [0.15, 0.2) is 11.8 Å². The molecule has 1 amide bonds. The number of guanidine groups is 1. The molecule has 0 saturated heterocycles. The lowest BCUT2D eigenvalue weighted by Gasteiger charge is -2.13. The Morgan fingerprint density at radius 1 is 1.10 bits per heavy atom. The van der Waals surface area contributed by atoms with Crippen LogP contribution in [0.1, 0.15) is 28.7 Å². The maximum Gasteiger partial charge on any atom is 0.253 e. The summed E-state index contributed by atoms with van der Waals surface area (Å²) in [5.74, 6) is 1.48. The molecule has 1 heterocycles. The summed E-state index contributed by atoms with van der Waals surface area (Å²) < 4.78 is 1.93. The van der Waals surface area contributed by atoms with E-state index in [1.54, 1.807) is 25.3 Å². The van der Waals surface area contributed by atoms with Gasteiger partial charge in [0.25, 0.3) is 5.91 Å². The van der Waals surface area contributed by atoms with Gasteiger partial charge in [0.2, 0.25) is 0 Å². The van der Waals surface area contributed by atoms with Gasteiger partial charge in [-0.05, 0) is 43.2 Å². The van der Waals surface area contributed by atoms with Crippen LogP contribution in [0.4, 0.5) is 0 Å². The molecule has 0 radical (unpaired) electrons. The van der Waals surface area contributed by atoms with Crippen LogP contribution in [-0.4, -0.2) is 58.7 Å². The molecule has 0 atom stereocenters. The molecule has 0 spiro atoms. The molecule has 0 aliphatic rings. The second kappa shape index (κ2) is 10.9. The SMILES string of the molecule is CCNC(=NCc1nncn1-c1ccccc1)NCCc1cccc(C(=O)N(C)C)c1. The zero-order valence-corrected chi connectivity index (χ0v) is 18.2. The molecule has 1 aromatic heterocycles. The van der Waals surface area contributed by atoms with E-state index < -0.39 is 0 Å². The molecule has 8 heteroatoms. The summed E-state index contributed by atoms with van der Waals surface area (Å²) in [4.78, 5) is 18.4. The van der Waals surface area contributed by atoms with Crippen LogP contribution in [0.25, 0.3) is 5.69 Å². The largest absolute Gasteiger partial charge is 0.357 e. The molecule has 0 bridgehead atoms. The molecule has 0 unspecified atom stereocenters. The molecule has 2 aromatic carbocycles. The number of amides is 1. The molecule has 3 rings (SSSR count). The Balaban J connectivity index is 1.61. The number of carbonyl (C=O) groups excluding carboxylic acids is 1. The summed E-state index contributed by atoms with van der Waals surface area (Å²) in [6.07, 6.45) is 2.47. The van der Waals surface area contributed by atoms with Crippen molar-refractivity contribution in [3.8, 4) is 5.69 Å². The minimum Gasteiger partial charge on any atom is -0.357 e. The van der Waals surface area contributed by atoms with Gasteiger partial charge in [-0.15, -0.1) is 10.2 Å². The van der Waals surface area contributed by atoms with Crippen LogP contribution in [0.15, 0.2) is 65.9 Å². The second-order valence-corrected chi connectivity index (χ2v) is 7.22. The molecule has 0 fully saturated rings. The third-order valence-electron chi connectivity index (χ3n) is 4.66. The quantitative estimate of drug-likeness (QED) is 0.432. The number of aromatic nitrogens is 3. The van der Waals surface area contributed by atoms with E-state index in [9.17, 15) is 4.79 Å². The van der Waals surface area contributed by atoms with Gasteiger partial charge < -0.3 is 15.5 Å². The number of carbonyl (C=O) groups is 1. The maximum absolute atomic E-state index is 12.2. The van der Waals surface area contributed by atoms with E-state index in [1.165, 1.54) is 0 Å². The van der Waals surface area contributed by atoms with Crippen molar-refractivity contribution in [2.24, 2.45) is 4.99 Å². The van der Waals surface area contributed by atoms with Crippen molar-refractivity contribution in [3.05, 3.63) is 77.9 Å². The summed E-state index contributed by atoms with van der Waals surface area (Å²) in [5.41, 5.74) is 2.80. The topological polar surface area (TPSA) is 87.4 Å². The van der Waals surface area contributed by atoms with Crippen LogP contribution in [0.2, 0.25) is 0 Å². The van der Waals surface area contributed by atoms with Crippen LogP contribution in [-0.2, 0) is 13.0 Å². The second-order valence-electron chi connectivity index (χ2n) is 7.22. The number of para-hydroxylation sites is 1. The first kappa shape index (κ1) is 22.0.